The molecule has 1 aliphatic carbocycles. The Morgan fingerprint density at radius 2 is 1.86 bits per heavy atom. The van der Waals surface area contributed by atoms with Crippen LogP contribution in [0.3, 0.4) is 0 Å². The van der Waals surface area contributed by atoms with E-state index >= 15 is 0 Å². The molecule has 0 bridgehead atoms. The van der Waals surface area contributed by atoms with Crippen LogP contribution in [-0.2, 0) is 4.74 Å². The van der Waals surface area contributed by atoms with Crippen molar-refractivity contribution in [1.82, 2.24) is 10.6 Å². The van der Waals surface area contributed by atoms with E-state index in [0.717, 1.165) is 12.3 Å². The van der Waals surface area contributed by atoms with Gasteiger partial charge in [-0.2, -0.15) is 0 Å². The largest absolute Gasteiger partial charge is 0.444 e. The maximum atomic E-state index is 11.7. The van der Waals surface area contributed by atoms with Crippen molar-refractivity contribution in [3.63, 3.8) is 0 Å². The lowest BCUT2D eigenvalue weighted by Crippen LogP contribution is -2.47. The van der Waals surface area contributed by atoms with Crippen molar-refractivity contribution in [2.45, 2.75) is 90.8 Å². The third kappa shape index (κ3) is 7.70. The van der Waals surface area contributed by atoms with Crippen LogP contribution in [0.4, 0.5) is 4.79 Å². The second-order valence-electron chi connectivity index (χ2n) is 7.36. The van der Waals surface area contributed by atoms with Crippen molar-refractivity contribution in [1.29, 1.82) is 0 Å². The Morgan fingerprint density at radius 3 is 2.38 bits per heavy atom. The highest BCUT2D eigenvalue weighted by atomic mass is 16.6. The van der Waals surface area contributed by atoms with Crippen LogP contribution in [0.15, 0.2) is 0 Å². The van der Waals surface area contributed by atoms with Crippen LogP contribution in [-0.4, -0.2) is 30.3 Å². The Labute approximate surface area is 130 Å². The molecular weight excluding hydrogens is 264 g/mol. The number of alkyl carbamates (subject to hydrolysis) is 1. The quantitative estimate of drug-likeness (QED) is 0.783. The normalized spacial score (nSPS) is 19.9. The van der Waals surface area contributed by atoms with Crippen molar-refractivity contribution in [2.24, 2.45) is 5.92 Å². The molecule has 2 unspecified atom stereocenters. The van der Waals surface area contributed by atoms with Gasteiger partial charge in [0.25, 0.3) is 0 Å². The fourth-order valence-electron chi connectivity index (χ4n) is 3.10. The molecule has 0 saturated heterocycles. The number of rotatable bonds is 6. The molecule has 21 heavy (non-hydrogen) atoms. The highest BCUT2D eigenvalue weighted by Crippen LogP contribution is 2.27. The minimum absolute atomic E-state index is 0.268. The molecule has 1 aliphatic rings. The van der Waals surface area contributed by atoms with E-state index in [1.165, 1.54) is 32.1 Å². The van der Waals surface area contributed by atoms with Crippen LogP contribution >= 0.6 is 0 Å². The summed E-state index contributed by atoms with van der Waals surface area (Å²) in [5, 5.41) is 6.53. The molecule has 0 heterocycles. The first-order valence-corrected chi connectivity index (χ1v) is 8.54. The summed E-state index contributed by atoms with van der Waals surface area (Å²) >= 11 is 0. The SMILES string of the molecule is CCC(NC(C)CNC(=O)OC(C)(C)C)C1CCCCC1. The maximum absolute atomic E-state index is 11.7. The van der Waals surface area contributed by atoms with E-state index in [1.54, 1.807) is 0 Å². The Hall–Kier alpha value is -0.770. The first-order chi connectivity index (χ1) is 9.81. The number of carbonyl (C=O) groups excluding carboxylic acids is 1. The molecule has 1 amide bonds. The van der Waals surface area contributed by atoms with Crippen molar-refractivity contribution in [2.75, 3.05) is 6.54 Å². The summed E-state index contributed by atoms with van der Waals surface area (Å²) in [6.07, 6.45) is 7.64. The van der Waals surface area contributed by atoms with E-state index in [4.69, 9.17) is 4.74 Å². The van der Waals surface area contributed by atoms with Gasteiger partial charge in [-0.05, 0) is 52.9 Å². The van der Waals surface area contributed by atoms with Gasteiger partial charge >= 0.3 is 6.09 Å². The molecule has 4 heteroatoms. The van der Waals surface area contributed by atoms with Gasteiger partial charge in [0.15, 0.2) is 0 Å². The average Bonchev–Trinajstić information content (AvgIpc) is 2.41. The van der Waals surface area contributed by atoms with Gasteiger partial charge < -0.3 is 15.4 Å². The fraction of sp³-hybridized carbons (Fsp3) is 0.941. The summed E-state index contributed by atoms with van der Waals surface area (Å²) in [4.78, 5) is 11.7. The molecule has 2 atom stereocenters. The molecule has 1 rings (SSSR count). The van der Waals surface area contributed by atoms with Gasteiger partial charge in [0.2, 0.25) is 0 Å². The molecule has 0 aliphatic heterocycles. The minimum Gasteiger partial charge on any atom is -0.444 e. The minimum atomic E-state index is -0.436. The van der Waals surface area contributed by atoms with E-state index in [2.05, 4.69) is 24.5 Å². The highest BCUT2D eigenvalue weighted by Gasteiger charge is 2.23. The van der Waals surface area contributed by atoms with E-state index in [9.17, 15) is 4.79 Å². The molecule has 1 fully saturated rings. The molecule has 0 spiro atoms. The predicted octanol–water partition coefficient (Wildman–Crippen LogP) is 3.85. The number of hydrogen-bond acceptors (Lipinski definition) is 3. The zero-order chi connectivity index (χ0) is 15.9. The van der Waals surface area contributed by atoms with E-state index in [-0.39, 0.29) is 12.1 Å². The van der Waals surface area contributed by atoms with Gasteiger partial charge in [0, 0.05) is 18.6 Å². The average molecular weight is 298 g/mol. The number of hydrogen-bond donors (Lipinski definition) is 2. The molecule has 0 radical (unpaired) electrons. The van der Waals surface area contributed by atoms with Gasteiger partial charge in [0.1, 0.15) is 5.60 Å². The molecular formula is C17H34N2O2. The first-order valence-electron chi connectivity index (χ1n) is 8.54. The van der Waals surface area contributed by atoms with Gasteiger partial charge in [-0.15, -0.1) is 0 Å². The zero-order valence-electron chi connectivity index (χ0n) is 14.5. The molecule has 0 aromatic rings. The topological polar surface area (TPSA) is 50.4 Å². The highest BCUT2D eigenvalue weighted by molar-refractivity contribution is 5.67. The molecule has 1 saturated carbocycles. The zero-order valence-corrected chi connectivity index (χ0v) is 14.5. The van der Waals surface area contributed by atoms with Crippen molar-refractivity contribution in [3.05, 3.63) is 0 Å². The number of carbonyl (C=O) groups is 1. The number of nitrogens with one attached hydrogen (secondary N) is 2. The smallest absolute Gasteiger partial charge is 0.407 e. The van der Waals surface area contributed by atoms with Crippen molar-refractivity contribution < 1.29 is 9.53 Å². The van der Waals surface area contributed by atoms with E-state index < -0.39 is 5.60 Å². The van der Waals surface area contributed by atoms with Crippen LogP contribution in [0, 0.1) is 5.92 Å². The number of ether oxygens (including phenoxy) is 1. The van der Waals surface area contributed by atoms with Crippen LogP contribution < -0.4 is 10.6 Å². The van der Waals surface area contributed by atoms with Gasteiger partial charge in [-0.25, -0.2) is 4.79 Å². The second-order valence-corrected chi connectivity index (χ2v) is 7.36. The Bertz CT molecular complexity index is 306. The lowest BCUT2D eigenvalue weighted by atomic mass is 9.82. The van der Waals surface area contributed by atoms with Gasteiger partial charge in [-0.1, -0.05) is 26.2 Å². The van der Waals surface area contributed by atoms with E-state index in [1.807, 2.05) is 20.8 Å². The van der Waals surface area contributed by atoms with Gasteiger partial charge in [0.05, 0.1) is 0 Å². The molecule has 4 nitrogen and oxygen atoms in total. The Morgan fingerprint density at radius 1 is 1.24 bits per heavy atom. The van der Waals surface area contributed by atoms with Gasteiger partial charge in [-0.3, -0.25) is 0 Å². The monoisotopic (exact) mass is 298 g/mol. The van der Waals surface area contributed by atoms with Crippen molar-refractivity contribution >= 4 is 6.09 Å². The van der Waals surface area contributed by atoms with E-state index in [0.29, 0.717) is 12.6 Å². The van der Waals surface area contributed by atoms with Crippen LogP contribution in [0.2, 0.25) is 0 Å². The molecule has 124 valence electrons. The summed E-state index contributed by atoms with van der Waals surface area (Å²) in [6.45, 7) is 10.6. The molecule has 2 N–H and O–H groups in total. The molecule has 0 aromatic heterocycles. The Kier molecular flexibility index (Phi) is 7.50. The maximum Gasteiger partial charge on any atom is 0.407 e. The first kappa shape index (κ1) is 18.3. The standard InChI is InChI=1S/C17H34N2O2/c1-6-15(14-10-8-7-9-11-14)19-13(2)12-18-16(20)21-17(3,4)5/h13-15,19H,6-12H2,1-5H3,(H,18,20). The summed E-state index contributed by atoms with van der Waals surface area (Å²) < 4.78 is 5.26. The predicted molar refractivity (Wildman–Crippen MR) is 87.5 cm³/mol. The van der Waals surface area contributed by atoms with Crippen LogP contribution in [0.25, 0.3) is 0 Å². The van der Waals surface area contributed by atoms with Crippen LogP contribution in [0.5, 0.6) is 0 Å². The summed E-state index contributed by atoms with van der Waals surface area (Å²) in [6, 6.07) is 0.838. The fourth-order valence-corrected chi connectivity index (χ4v) is 3.10. The Balaban J connectivity index is 2.30. The third-order valence-corrected chi connectivity index (χ3v) is 4.11. The lowest BCUT2D eigenvalue weighted by Gasteiger charge is -2.32. The summed E-state index contributed by atoms with van der Waals surface area (Å²) in [7, 11) is 0. The van der Waals surface area contributed by atoms with Crippen molar-refractivity contribution in [3.8, 4) is 0 Å². The lowest BCUT2D eigenvalue weighted by molar-refractivity contribution is 0.0521. The number of amides is 1. The second kappa shape index (κ2) is 8.62. The molecule has 0 aromatic carbocycles. The summed E-state index contributed by atoms with van der Waals surface area (Å²) in [5.74, 6) is 0.799. The third-order valence-electron chi connectivity index (χ3n) is 4.11. The van der Waals surface area contributed by atoms with Crippen LogP contribution in [0.1, 0.15) is 73.1 Å². The summed E-state index contributed by atoms with van der Waals surface area (Å²) in [5.41, 5.74) is -0.436.